The first kappa shape index (κ1) is 25.2. The fraction of sp³-hybridized carbons (Fsp3) is 0.333. The van der Waals surface area contributed by atoms with E-state index in [1.807, 2.05) is 0 Å². The second-order valence-electron chi connectivity index (χ2n) is 9.45. The van der Waals surface area contributed by atoms with Gasteiger partial charge in [0.15, 0.2) is 11.5 Å². The summed E-state index contributed by atoms with van der Waals surface area (Å²) in [5.41, 5.74) is 1.37. The number of pyridine rings is 1. The van der Waals surface area contributed by atoms with Crippen LogP contribution in [-0.2, 0) is 20.2 Å². The predicted molar refractivity (Wildman–Crippen MR) is 144 cm³/mol. The third-order valence-corrected chi connectivity index (χ3v) is 9.16. The van der Waals surface area contributed by atoms with E-state index in [0.29, 0.717) is 48.6 Å². The van der Waals surface area contributed by atoms with E-state index in [2.05, 4.69) is 10.3 Å². The Bertz CT molecular complexity index is 1440. The molecule has 3 aromatic rings. The molecule has 1 atom stereocenters. The topological polar surface area (TPSA) is 129 Å². The summed E-state index contributed by atoms with van der Waals surface area (Å²) in [7, 11) is -2.23. The molecule has 10 heteroatoms. The number of benzene rings is 2. The molecule has 1 aliphatic heterocycles. The van der Waals surface area contributed by atoms with Gasteiger partial charge in [0.1, 0.15) is 5.82 Å². The molecular weight excluding hydrogens is 494 g/mol. The van der Waals surface area contributed by atoms with E-state index in [4.69, 9.17) is 4.74 Å². The average molecular weight is 530 g/mol. The summed E-state index contributed by atoms with van der Waals surface area (Å²) in [6, 6.07) is 16.3. The van der Waals surface area contributed by atoms with Gasteiger partial charge in [-0.2, -0.15) is 4.31 Å². The zero-order valence-corrected chi connectivity index (χ0v) is 21.2. The molecule has 2 heterocycles. The monoisotopic (exact) mass is 529 g/mol. The molecule has 0 spiro atoms. The number of carbonyl (C=O) groups is 1. The van der Waals surface area contributed by atoms with Gasteiger partial charge in [0, 0.05) is 22.4 Å². The molecule has 0 unspecified atom stereocenters. The van der Waals surface area contributed by atoms with Gasteiger partial charge in [0.25, 0.3) is 0 Å². The molecule has 3 N–H and O–H groups in total. The van der Waals surface area contributed by atoms with Gasteiger partial charge in [0.2, 0.25) is 15.9 Å². The van der Waals surface area contributed by atoms with Crippen LogP contribution in [0.25, 0.3) is 11.3 Å². The molecule has 1 saturated carbocycles. The van der Waals surface area contributed by atoms with Gasteiger partial charge in [-0.15, -0.1) is 0 Å². The third-order valence-electron chi connectivity index (χ3n) is 7.20. The zero-order valence-electron chi connectivity index (χ0n) is 20.4. The van der Waals surface area contributed by atoms with Gasteiger partial charge >= 0.3 is 0 Å². The molecule has 1 aliphatic carbocycles. The molecule has 1 aromatic heterocycles. The first-order chi connectivity index (χ1) is 17.8. The molecule has 2 fully saturated rings. The van der Waals surface area contributed by atoms with Crippen molar-refractivity contribution in [2.45, 2.75) is 42.0 Å². The summed E-state index contributed by atoms with van der Waals surface area (Å²) < 4.78 is 32.6. The number of hydrogen-bond donors (Lipinski definition) is 3. The van der Waals surface area contributed by atoms with Gasteiger partial charge in [-0.25, -0.2) is 13.4 Å². The highest BCUT2D eigenvalue weighted by molar-refractivity contribution is 7.89. The van der Waals surface area contributed by atoms with Crippen molar-refractivity contribution in [3.05, 3.63) is 66.2 Å². The number of phenols is 1. The summed E-state index contributed by atoms with van der Waals surface area (Å²) in [6.07, 6.45) is 2.73. The highest BCUT2D eigenvalue weighted by Gasteiger charge is 2.51. The van der Waals surface area contributed by atoms with Crippen molar-refractivity contribution < 1.29 is 32.4 Å². The molecule has 37 heavy (non-hydrogen) atoms. The second-order valence-corrected chi connectivity index (χ2v) is 11.3. The molecular formula is C27H35N3O6S. The number of aliphatic hydroxyl groups is 1. The van der Waals surface area contributed by atoms with E-state index in [0.717, 1.165) is 12.0 Å². The van der Waals surface area contributed by atoms with Crippen LogP contribution in [0.3, 0.4) is 0 Å². The van der Waals surface area contributed by atoms with Crippen molar-refractivity contribution in [3.63, 3.8) is 0 Å². The molecule has 1 saturated heterocycles. The fourth-order valence-corrected chi connectivity index (χ4v) is 6.57. The van der Waals surface area contributed by atoms with Crippen molar-refractivity contribution in [2.75, 3.05) is 25.6 Å². The number of aromatic nitrogens is 1. The molecule has 2 aromatic carbocycles. The average Bonchev–Trinajstić information content (AvgIpc) is 3.58. The summed E-state index contributed by atoms with van der Waals surface area (Å²) in [6.45, 7) is 0.207. The van der Waals surface area contributed by atoms with Crippen LogP contribution in [-0.4, -0.2) is 60.1 Å². The maximum Gasteiger partial charge on any atom is 0.243 e. The Morgan fingerprint density at radius 2 is 1.95 bits per heavy atom. The molecule has 200 valence electrons. The van der Waals surface area contributed by atoms with Crippen LogP contribution in [0.4, 0.5) is 5.82 Å². The van der Waals surface area contributed by atoms with Crippen LogP contribution in [0.2, 0.25) is 0 Å². The van der Waals surface area contributed by atoms with Crippen LogP contribution < -0.4 is 10.1 Å². The summed E-state index contributed by atoms with van der Waals surface area (Å²) in [5.74, 6) is 0.539. The number of methoxy groups -OCH3 is 1. The Morgan fingerprint density at radius 3 is 2.62 bits per heavy atom. The van der Waals surface area contributed by atoms with Crippen molar-refractivity contribution in [3.8, 4) is 22.8 Å². The Hall–Kier alpha value is -3.47. The first-order valence-electron chi connectivity index (χ1n) is 12.2. The minimum absolute atomic E-state index is 0. The number of nitrogens with zero attached hydrogens (tertiary/aromatic N) is 2. The molecule has 9 nitrogen and oxygen atoms in total. The lowest BCUT2D eigenvalue weighted by atomic mass is 9.94. The Labute approximate surface area is 220 Å². The van der Waals surface area contributed by atoms with Crippen LogP contribution in [0.15, 0.2) is 65.6 Å². The third kappa shape index (κ3) is 4.68. The Balaban J connectivity index is 0.00000187. The zero-order chi connectivity index (χ0) is 26.2. The van der Waals surface area contributed by atoms with E-state index in [1.54, 1.807) is 54.6 Å². The van der Waals surface area contributed by atoms with Crippen LogP contribution in [0.5, 0.6) is 11.5 Å². The standard InChI is InChI=1S/C27H29N3O6S.3H2/c1-36-24-16-19(9-12-23(24)32)27(13-14-27)26(33)29-25-6-2-5-22(28-25)18-7-10-21(11-8-18)37(34,35)30-15-3-4-20(30)17-31;;;/h2,5-12,16,20,31-32H,3-4,13-15,17H2,1H3,(H,28,29,33);3*1H/t20-;;;/m1.../s1. The van der Waals surface area contributed by atoms with Gasteiger partial charge in [0.05, 0.1) is 29.7 Å². The fourth-order valence-electron chi connectivity index (χ4n) is 4.89. The summed E-state index contributed by atoms with van der Waals surface area (Å²) in [4.78, 5) is 18.0. The lowest BCUT2D eigenvalue weighted by molar-refractivity contribution is -0.118. The second kappa shape index (κ2) is 9.77. The highest BCUT2D eigenvalue weighted by Crippen LogP contribution is 2.50. The summed E-state index contributed by atoms with van der Waals surface area (Å²) >= 11 is 0. The van der Waals surface area contributed by atoms with Crippen molar-refractivity contribution >= 4 is 21.7 Å². The highest BCUT2D eigenvalue weighted by atomic mass is 32.2. The van der Waals surface area contributed by atoms with E-state index in [1.165, 1.54) is 17.5 Å². The largest absolute Gasteiger partial charge is 0.504 e. The van der Waals surface area contributed by atoms with E-state index in [-0.39, 0.29) is 33.5 Å². The van der Waals surface area contributed by atoms with Crippen LogP contribution >= 0.6 is 0 Å². The quantitative estimate of drug-likeness (QED) is 0.402. The van der Waals surface area contributed by atoms with Crippen LogP contribution in [0.1, 0.15) is 35.5 Å². The van der Waals surface area contributed by atoms with E-state index < -0.39 is 15.4 Å². The lowest BCUT2D eigenvalue weighted by Gasteiger charge is -2.22. The van der Waals surface area contributed by atoms with Gasteiger partial charge in [-0.1, -0.05) is 24.3 Å². The number of rotatable bonds is 8. The lowest BCUT2D eigenvalue weighted by Crippen LogP contribution is -2.37. The summed E-state index contributed by atoms with van der Waals surface area (Å²) in [5, 5.41) is 22.3. The number of phenolic OH excluding ortho intramolecular Hbond substituents is 1. The number of amides is 1. The molecule has 0 bridgehead atoms. The van der Waals surface area contributed by atoms with Crippen molar-refractivity contribution in [1.29, 1.82) is 0 Å². The molecule has 5 rings (SSSR count). The van der Waals surface area contributed by atoms with Gasteiger partial charge < -0.3 is 20.3 Å². The maximum absolute atomic E-state index is 13.2. The minimum atomic E-state index is -3.70. The minimum Gasteiger partial charge on any atom is -0.504 e. The van der Waals surface area contributed by atoms with Gasteiger partial charge in [-0.05, 0) is 67.6 Å². The smallest absolute Gasteiger partial charge is 0.243 e. The number of sulfonamides is 1. The number of aromatic hydroxyl groups is 1. The molecule has 2 aliphatic rings. The molecule has 0 radical (unpaired) electrons. The number of hydrogen-bond acceptors (Lipinski definition) is 7. The maximum atomic E-state index is 13.2. The Kier molecular flexibility index (Phi) is 6.65. The van der Waals surface area contributed by atoms with Crippen molar-refractivity contribution in [2.24, 2.45) is 0 Å². The SMILES string of the molecule is COc1cc(C2(C(=O)Nc3cccc(-c4ccc(S(=O)(=O)N5CCC[C@@H]5CO)cc4)n3)CC2)ccc1O.[HH].[HH].[HH]. The number of carbonyl (C=O) groups excluding carboxylic acids is 1. The normalized spacial score (nSPS) is 18.9. The number of anilines is 1. The van der Waals surface area contributed by atoms with Crippen LogP contribution in [0, 0.1) is 0 Å². The Morgan fingerprint density at radius 1 is 1.19 bits per heavy atom. The van der Waals surface area contributed by atoms with Gasteiger partial charge in [-0.3, -0.25) is 4.79 Å². The number of ether oxygens (including phenoxy) is 1. The van der Waals surface area contributed by atoms with E-state index >= 15 is 0 Å². The molecule has 1 amide bonds. The number of nitrogens with one attached hydrogen (secondary N) is 1. The first-order valence-corrected chi connectivity index (χ1v) is 13.6. The predicted octanol–water partition coefficient (Wildman–Crippen LogP) is 4.02. The van der Waals surface area contributed by atoms with Crippen molar-refractivity contribution in [1.82, 2.24) is 9.29 Å². The number of aliphatic hydroxyl groups excluding tert-OH is 1. The van der Waals surface area contributed by atoms with E-state index in [9.17, 15) is 23.4 Å².